The van der Waals surface area contributed by atoms with Crippen LogP contribution in [-0.4, -0.2) is 6.54 Å². The summed E-state index contributed by atoms with van der Waals surface area (Å²) in [4.78, 5) is 0. The Balaban J connectivity index is 1.83. The number of benzene rings is 1. The van der Waals surface area contributed by atoms with Gasteiger partial charge < -0.3 is 5.32 Å². The van der Waals surface area contributed by atoms with Crippen LogP contribution in [0.2, 0.25) is 0 Å². The molecule has 0 radical (unpaired) electrons. The van der Waals surface area contributed by atoms with Gasteiger partial charge in [0.05, 0.1) is 0 Å². The minimum atomic E-state index is -0.0948. The molecule has 0 heterocycles. The molecule has 1 aliphatic rings. The highest BCUT2D eigenvalue weighted by atomic mass is 19.1. The summed E-state index contributed by atoms with van der Waals surface area (Å²) < 4.78 is 13.5. The molecule has 0 aromatic heterocycles. The number of nitrogens with one attached hydrogen (secondary N) is 1. The molecule has 0 spiro atoms. The number of halogens is 1. The van der Waals surface area contributed by atoms with Gasteiger partial charge in [0.25, 0.3) is 0 Å². The largest absolute Gasteiger partial charge is 0.312 e. The Morgan fingerprint density at radius 2 is 2.18 bits per heavy atom. The molecule has 2 heteroatoms. The fourth-order valence-electron chi connectivity index (χ4n) is 2.76. The molecule has 1 aromatic rings. The van der Waals surface area contributed by atoms with E-state index in [1.54, 1.807) is 6.07 Å². The van der Waals surface area contributed by atoms with Crippen molar-refractivity contribution in [3.63, 3.8) is 0 Å². The van der Waals surface area contributed by atoms with Crippen LogP contribution < -0.4 is 5.32 Å². The zero-order chi connectivity index (χ0) is 12.3. The summed E-state index contributed by atoms with van der Waals surface area (Å²) in [5, 5.41) is 3.40. The van der Waals surface area contributed by atoms with Crippen LogP contribution in [-0.2, 0) is 6.54 Å². The van der Waals surface area contributed by atoms with Gasteiger partial charge in [-0.05, 0) is 37.8 Å². The zero-order valence-electron chi connectivity index (χ0n) is 10.8. The topological polar surface area (TPSA) is 12.0 Å². The first-order valence-corrected chi connectivity index (χ1v) is 6.62. The van der Waals surface area contributed by atoms with Crippen LogP contribution in [0, 0.1) is 24.6 Å². The lowest BCUT2D eigenvalue weighted by molar-refractivity contribution is 0.390. The fraction of sp³-hybridized carbons (Fsp3) is 0.600. The normalized spacial score (nSPS) is 24.2. The number of hydrogen-bond donors (Lipinski definition) is 1. The second-order valence-electron chi connectivity index (χ2n) is 5.39. The summed E-state index contributed by atoms with van der Waals surface area (Å²) in [7, 11) is 0. The molecular weight excluding hydrogens is 213 g/mol. The smallest absolute Gasteiger partial charge is 0.127 e. The van der Waals surface area contributed by atoms with Gasteiger partial charge in [0, 0.05) is 12.1 Å². The van der Waals surface area contributed by atoms with Gasteiger partial charge in [-0.25, -0.2) is 4.39 Å². The van der Waals surface area contributed by atoms with Crippen LogP contribution in [0.5, 0.6) is 0 Å². The van der Waals surface area contributed by atoms with Gasteiger partial charge in [0.15, 0.2) is 0 Å². The summed E-state index contributed by atoms with van der Waals surface area (Å²) in [5.74, 6) is 1.51. The lowest BCUT2D eigenvalue weighted by atomic mass is 9.98. The third-order valence-corrected chi connectivity index (χ3v) is 3.96. The molecule has 1 aliphatic carbocycles. The maximum atomic E-state index is 13.5. The maximum absolute atomic E-state index is 13.5. The van der Waals surface area contributed by atoms with E-state index in [4.69, 9.17) is 0 Å². The average molecular weight is 235 g/mol. The van der Waals surface area contributed by atoms with E-state index < -0.39 is 0 Å². The molecular formula is C15H22FN. The first-order valence-electron chi connectivity index (χ1n) is 6.62. The molecule has 0 bridgehead atoms. The first kappa shape index (κ1) is 12.6. The molecule has 1 N–H and O–H groups in total. The van der Waals surface area contributed by atoms with E-state index >= 15 is 0 Å². The van der Waals surface area contributed by atoms with E-state index in [1.165, 1.54) is 19.3 Å². The average Bonchev–Trinajstić information content (AvgIpc) is 2.70. The van der Waals surface area contributed by atoms with Gasteiger partial charge in [-0.2, -0.15) is 0 Å². The molecule has 2 atom stereocenters. The van der Waals surface area contributed by atoms with Crippen molar-refractivity contribution in [2.75, 3.05) is 6.54 Å². The van der Waals surface area contributed by atoms with Crippen molar-refractivity contribution in [2.45, 2.75) is 39.7 Å². The monoisotopic (exact) mass is 235 g/mol. The Morgan fingerprint density at radius 1 is 1.35 bits per heavy atom. The first-order chi connectivity index (χ1) is 8.16. The Kier molecular flexibility index (Phi) is 4.16. The summed E-state index contributed by atoms with van der Waals surface area (Å²) in [6.45, 7) is 6.00. The van der Waals surface area contributed by atoms with Crippen LogP contribution >= 0.6 is 0 Å². The molecule has 0 saturated heterocycles. The highest BCUT2D eigenvalue weighted by molar-refractivity contribution is 5.23. The molecule has 1 saturated carbocycles. The number of hydrogen-bond acceptors (Lipinski definition) is 1. The molecule has 2 rings (SSSR count). The fourth-order valence-corrected chi connectivity index (χ4v) is 2.76. The standard InChI is InChI=1S/C15H22FN/c1-11-6-7-15(16)14(8-11)10-17-9-13-5-3-4-12(13)2/h6-8,12-13,17H,3-5,9-10H2,1-2H3. The molecule has 1 aromatic carbocycles. The van der Waals surface area contributed by atoms with Crippen LogP contribution in [0.4, 0.5) is 4.39 Å². The summed E-state index contributed by atoms with van der Waals surface area (Å²) in [5.41, 5.74) is 1.91. The van der Waals surface area contributed by atoms with Gasteiger partial charge >= 0.3 is 0 Å². The lowest BCUT2D eigenvalue weighted by Gasteiger charge is -2.16. The van der Waals surface area contributed by atoms with Gasteiger partial charge in [0.2, 0.25) is 0 Å². The van der Waals surface area contributed by atoms with Gasteiger partial charge in [0.1, 0.15) is 5.82 Å². The molecule has 2 unspecified atom stereocenters. The molecule has 94 valence electrons. The SMILES string of the molecule is Cc1ccc(F)c(CNCC2CCCC2C)c1. The van der Waals surface area contributed by atoms with Gasteiger partial charge in [-0.3, -0.25) is 0 Å². The van der Waals surface area contributed by atoms with Crippen LogP contribution in [0.25, 0.3) is 0 Å². The number of aryl methyl sites for hydroxylation is 1. The van der Waals surface area contributed by atoms with E-state index in [2.05, 4.69) is 12.2 Å². The second-order valence-corrected chi connectivity index (χ2v) is 5.39. The van der Waals surface area contributed by atoms with Crippen molar-refractivity contribution in [1.82, 2.24) is 5.32 Å². The molecule has 17 heavy (non-hydrogen) atoms. The summed E-state index contributed by atoms with van der Waals surface area (Å²) >= 11 is 0. The highest BCUT2D eigenvalue weighted by Crippen LogP contribution is 2.30. The Hall–Kier alpha value is -0.890. The Morgan fingerprint density at radius 3 is 2.88 bits per heavy atom. The van der Waals surface area contributed by atoms with Crippen molar-refractivity contribution in [3.05, 3.63) is 35.1 Å². The van der Waals surface area contributed by atoms with E-state index in [0.29, 0.717) is 6.54 Å². The minimum Gasteiger partial charge on any atom is -0.312 e. The minimum absolute atomic E-state index is 0.0948. The van der Waals surface area contributed by atoms with E-state index in [1.807, 2.05) is 19.1 Å². The lowest BCUT2D eigenvalue weighted by Crippen LogP contribution is -2.24. The van der Waals surface area contributed by atoms with Crippen molar-refractivity contribution < 1.29 is 4.39 Å². The molecule has 1 nitrogen and oxygen atoms in total. The maximum Gasteiger partial charge on any atom is 0.127 e. The molecule has 0 aliphatic heterocycles. The summed E-state index contributed by atoms with van der Waals surface area (Å²) in [6.07, 6.45) is 4.03. The van der Waals surface area contributed by atoms with E-state index in [-0.39, 0.29) is 5.82 Å². The van der Waals surface area contributed by atoms with Crippen LogP contribution in [0.3, 0.4) is 0 Å². The van der Waals surface area contributed by atoms with Gasteiger partial charge in [-0.15, -0.1) is 0 Å². The van der Waals surface area contributed by atoms with E-state index in [0.717, 1.165) is 29.5 Å². The predicted molar refractivity (Wildman–Crippen MR) is 69.3 cm³/mol. The number of rotatable bonds is 4. The predicted octanol–water partition coefficient (Wildman–Crippen LogP) is 3.66. The third-order valence-electron chi connectivity index (χ3n) is 3.96. The van der Waals surface area contributed by atoms with Crippen molar-refractivity contribution in [2.24, 2.45) is 11.8 Å². The second kappa shape index (κ2) is 5.63. The Bertz CT molecular complexity index is 375. The quantitative estimate of drug-likeness (QED) is 0.839. The van der Waals surface area contributed by atoms with Crippen molar-refractivity contribution in [3.8, 4) is 0 Å². The zero-order valence-corrected chi connectivity index (χ0v) is 10.8. The van der Waals surface area contributed by atoms with Crippen LogP contribution in [0.1, 0.15) is 37.3 Å². The third kappa shape index (κ3) is 3.29. The Labute approximate surface area is 103 Å². The van der Waals surface area contributed by atoms with E-state index in [9.17, 15) is 4.39 Å². The van der Waals surface area contributed by atoms with Crippen molar-refractivity contribution in [1.29, 1.82) is 0 Å². The highest BCUT2D eigenvalue weighted by Gasteiger charge is 2.22. The summed E-state index contributed by atoms with van der Waals surface area (Å²) in [6, 6.07) is 5.31. The van der Waals surface area contributed by atoms with Gasteiger partial charge in [-0.1, -0.05) is 37.5 Å². The molecule has 0 amide bonds. The van der Waals surface area contributed by atoms with Crippen molar-refractivity contribution >= 4 is 0 Å². The van der Waals surface area contributed by atoms with Crippen LogP contribution in [0.15, 0.2) is 18.2 Å². The molecule has 1 fully saturated rings.